The smallest absolute Gasteiger partial charge is 0.159 e. The molecule has 0 radical (unpaired) electrons. The second kappa shape index (κ2) is 5.85. The Morgan fingerprint density at radius 2 is 2.11 bits per heavy atom. The first kappa shape index (κ1) is 13.6. The van der Waals surface area contributed by atoms with E-state index in [4.69, 9.17) is 5.84 Å². The molecule has 2 rings (SSSR count). The Bertz CT molecular complexity index is 555. The normalized spacial score (nSPS) is 12.6. The van der Waals surface area contributed by atoms with Crippen LogP contribution >= 0.6 is 0 Å². The third-order valence-electron chi connectivity index (χ3n) is 2.81. The molecule has 1 unspecified atom stereocenters. The molecule has 7 heteroatoms. The number of nitrogens with two attached hydrogens (primary N) is 1. The van der Waals surface area contributed by atoms with Gasteiger partial charge in [-0.25, -0.2) is 8.78 Å². The average Bonchev–Trinajstić information content (AvgIpc) is 2.78. The van der Waals surface area contributed by atoms with Crippen LogP contribution in [0.4, 0.5) is 8.78 Å². The largest absolute Gasteiger partial charge is 0.271 e. The van der Waals surface area contributed by atoms with Gasteiger partial charge in [-0.1, -0.05) is 11.3 Å². The van der Waals surface area contributed by atoms with Gasteiger partial charge in [-0.3, -0.25) is 16.0 Å². The number of nitrogens with one attached hydrogen (secondary N) is 1. The Morgan fingerprint density at radius 3 is 2.68 bits per heavy atom. The van der Waals surface area contributed by atoms with Gasteiger partial charge in [0.05, 0.1) is 5.69 Å². The van der Waals surface area contributed by atoms with Gasteiger partial charge in [0, 0.05) is 25.7 Å². The van der Waals surface area contributed by atoms with E-state index in [9.17, 15) is 8.78 Å². The van der Waals surface area contributed by atoms with Crippen LogP contribution in [0.15, 0.2) is 24.4 Å². The molecule has 0 bridgehead atoms. The van der Waals surface area contributed by atoms with Crippen molar-refractivity contribution in [2.45, 2.75) is 18.9 Å². The highest BCUT2D eigenvalue weighted by atomic mass is 19.2. The Morgan fingerprint density at radius 1 is 1.32 bits per heavy atom. The number of nitrogens with zero attached hydrogens (tertiary/aromatic N) is 3. The van der Waals surface area contributed by atoms with Crippen molar-refractivity contribution in [2.24, 2.45) is 12.9 Å². The van der Waals surface area contributed by atoms with Crippen LogP contribution in [0.1, 0.15) is 11.3 Å². The molecule has 1 heterocycles. The maximum atomic E-state index is 13.1. The molecule has 2 aromatic rings. The van der Waals surface area contributed by atoms with Gasteiger partial charge in [-0.05, 0) is 24.1 Å². The Hall–Kier alpha value is -1.86. The van der Waals surface area contributed by atoms with E-state index >= 15 is 0 Å². The van der Waals surface area contributed by atoms with Crippen molar-refractivity contribution in [1.29, 1.82) is 0 Å². The number of hydrazine groups is 1. The summed E-state index contributed by atoms with van der Waals surface area (Å²) in [7, 11) is 1.77. The maximum Gasteiger partial charge on any atom is 0.159 e. The van der Waals surface area contributed by atoms with E-state index in [2.05, 4.69) is 15.7 Å². The summed E-state index contributed by atoms with van der Waals surface area (Å²) in [6.45, 7) is 0. The van der Waals surface area contributed by atoms with Gasteiger partial charge in [0.2, 0.25) is 0 Å². The zero-order chi connectivity index (χ0) is 13.8. The predicted molar refractivity (Wildman–Crippen MR) is 65.9 cm³/mol. The summed E-state index contributed by atoms with van der Waals surface area (Å²) in [5, 5.41) is 7.79. The lowest BCUT2D eigenvalue weighted by Crippen LogP contribution is -2.38. The van der Waals surface area contributed by atoms with Crippen LogP contribution in [-0.2, 0) is 19.9 Å². The molecule has 0 amide bonds. The highest BCUT2D eigenvalue weighted by molar-refractivity contribution is 5.19. The van der Waals surface area contributed by atoms with Gasteiger partial charge in [0.25, 0.3) is 0 Å². The first-order chi connectivity index (χ1) is 9.08. The molecule has 5 nitrogen and oxygen atoms in total. The third-order valence-corrected chi connectivity index (χ3v) is 2.81. The topological polar surface area (TPSA) is 68.8 Å². The van der Waals surface area contributed by atoms with Gasteiger partial charge >= 0.3 is 0 Å². The summed E-state index contributed by atoms with van der Waals surface area (Å²) >= 11 is 0. The lowest BCUT2D eigenvalue weighted by atomic mass is 10.0. The zero-order valence-electron chi connectivity index (χ0n) is 10.5. The molecular weight excluding hydrogens is 252 g/mol. The molecule has 0 fully saturated rings. The van der Waals surface area contributed by atoms with Crippen molar-refractivity contribution >= 4 is 0 Å². The molecule has 0 spiro atoms. The summed E-state index contributed by atoms with van der Waals surface area (Å²) in [4.78, 5) is 0. The van der Waals surface area contributed by atoms with Gasteiger partial charge < -0.3 is 0 Å². The molecule has 0 aliphatic rings. The third kappa shape index (κ3) is 3.55. The van der Waals surface area contributed by atoms with Gasteiger partial charge in [0.1, 0.15) is 0 Å². The number of rotatable bonds is 5. The van der Waals surface area contributed by atoms with E-state index < -0.39 is 11.6 Å². The van der Waals surface area contributed by atoms with Crippen molar-refractivity contribution in [3.63, 3.8) is 0 Å². The maximum absolute atomic E-state index is 13.1. The molecule has 0 aliphatic heterocycles. The van der Waals surface area contributed by atoms with Gasteiger partial charge in [0.15, 0.2) is 11.6 Å². The highest BCUT2D eigenvalue weighted by Crippen LogP contribution is 2.12. The Labute approximate surface area is 109 Å². The van der Waals surface area contributed by atoms with Crippen molar-refractivity contribution in [3.05, 3.63) is 47.3 Å². The number of aryl methyl sites for hydroxylation is 1. The second-order valence-electron chi connectivity index (χ2n) is 4.40. The van der Waals surface area contributed by atoms with Crippen molar-refractivity contribution < 1.29 is 8.78 Å². The lowest BCUT2D eigenvalue weighted by Gasteiger charge is -2.14. The fraction of sp³-hybridized carbons (Fsp3) is 0.333. The van der Waals surface area contributed by atoms with Crippen LogP contribution in [0.25, 0.3) is 0 Å². The van der Waals surface area contributed by atoms with Crippen molar-refractivity contribution in [3.8, 4) is 0 Å². The number of halogens is 2. The summed E-state index contributed by atoms with van der Waals surface area (Å²) in [5.74, 6) is 3.76. The number of aromatic nitrogens is 3. The van der Waals surface area contributed by atoms with E-state index in [1.165, 1.54) is 6.07 Å². The highest BCUT2D eigenvalue weighted by Gasteiger charge is 2.12. The average molecular weight is 267 g/mol. The van der Waals surface area contributed by atoms with Crippen molar-refractivity contribution in [1.82, 2.24) is 20.4 Å². The SMILES string of the molecule is Cn1cc(CC(Cc2ccc(F)c(F)c2)NN)nn1. The minimum Gasteiger partial charge on any atom is -0.271 e. The molecule has 19 heavy (non-hydrogen) atoms. The fourth-order valence-electron chi connectivity index (χ4n) is 1.88. The number of hydrogen-bond acceptors (Lipinski definition) is 4. The minimum absolute atomic E-state index is 0.124. The molecule has 0 aliphatic carbocycles. The molecule has 1 aromatic carbocycles. The standard InChI is InChI=1S/C12H15F2N5/c1-19-7-10(17-18-19)6-9(16-15)4-8-2-3-11(13)12(14)5-8/h2-3,5,7,9,16H,4,6,15H2,1H3. The summed E-state index contributed by atoms with van der Waals surface area (Å²) < 4.78 is 27.5. The van der Waals surface area contributed by atoms with E-state index in [0.29, 0.717) is 18.4 Å². The van der Waals surface area contributed by atoms with Crippen LogP contribution in [0.3, 0.4) is 0 Å². The van der Waals surface area contributed by atoms with E-state index in [-0.39, 0.29) is 6.04 Å². The molecule has 102 valence electrons. The fourth-order valence-corrected chi connectivity index (χ4v) is 1.88. The molecule has 3 N–H and O–H groups in total. The molecule has 0 saturated carbocycles. The first-order valence-electron chi connectivity index (χ1n) is 5.83. The molecule has 1 aromatic heterocycles. The summed E-state index contributed by atoms with van der Waals surface area (Å²) in [5.41, 5.74) is 4.11. The number of benzene rings is 1. The predicted octanol–water partition coefficient (Wildman–Crippen LogP) is 0.710. The van der Waals surface area contributed by atoms with Crippen molar-refractivity contribution in [2.75, 3.05) is 0 Å². The van der Waals surface area contributed by atoms with E-state index in [0.717, 1.165) is 11.8 Å². The molecule has 1 atom stereocenters. The summed E-state index contributed by atoms with van der Waals surface area (Å²) in [6.07, 6.45) is 2.82. The van der Waals surface area contributed by atoms with Gasteiger partial charge in [-0.2, -0.15) is 0 Å². The van der Waals surface area contributed by atoms with Crippen LogP contribution in [0, 0.1) is 11.6 Å². The minimum atomic E-state index is -0.854. The van der Waals surface area contributed by atoms with E-state index in [1.54, 1.807) is 24.0 Å². The lowest BCUT2D eigenvalue weighted by molar-refractivity contribution is 0.496. The quantitative estimate of drug-likeness (QED) is 0.618. The molecule has 0 saturated heterocycles. The second-order valence-corrected chi connectivity index (χ2v) is 4.40. The first-order valence-corrected chi connectivity index (χ1v) is 5.83. The van der Waals surface area contributed by atoms with Crippen LogP contribution in [-0.4, -0.2) is 21.0 Å². The van der Waals surface area contributed by atoms with Crippen LogP contribution in [0.5, 0.6) is 0 Å². The van der Waals surface area contributed by atoms with Crippen LogP contribution < -0.4 is 11.3 Å². The monoisotopic (exact) mass is 267 g/mol. The Kier molecular flexibility index (Phi) is 4.18. The van der Waals surface area contributed by atoms with Gasteiger partial charge in [-0.15, -0.1) is 5.10 Å². The summed E-state index contributed by atoms with van der Waals surface area (Å²) in [6, 6.07) is 3.71. The van der Waals surface area contributed by atoms with Crippen LogP contribution in [0.2, 0.25) is 0 Å². The zero-order valence-corrected chi connectivity index (χ0v) is 10.5. The molecular formula is C12H15F2N5. The van der Waals surface area contributed by atoms with E-state index in [1.807, 2.05) is 0 Å². The Balaban J connectivity index is 2.04. The number of hydrogen-bond donors (Lipinski definition) is 2.